The number of likely N-dealkylation sites (tertiary alicyclic amines) is 1. The van der Waals surface area contributed by atoms with Crippen LogP contribution < -0.4 is 4.72 Å². The average Bonchev–Trinajstić information content (AvgIpc) is 2.38. The van der Waals surface area contributed by atoms with E-state index in [-0.39, 0.29) is 6.61 Å². The van der Waals surface area contributed by atoms with Crippen molar-refractivity contribution in [2.75, 3.05) is 46.9 Å². The van der Waals surface area contributed by atoms with Gasteiger partial charge in [0.2, 0.25) is 0 Å². The number of nitrogens with one attached hydrogen (secondary N) is 1. The van der Waals surface area contributed by atoms with Gasteiger partial charge in [-0.1, -0.05) is 0 Å². The minimum atomic E-state index is -3.38. The second-order valence-electron chi connectivity index (χ2n) is 5.33. The average molecular weight is 293 g/mol. The van der Waals surface area contributed by atoms with Gasteiger partial charge in [-0.3, -0.25) is 0 Å². The predicted molar refractivity (Wildman–Crippen MR) is 76.1 cm³/mol. The highest BCUT2D eigenvalue weighted by Crippen LogP contribution is 2.18. The first kappa shape index (κ1) is 16.8. The molecule has 1 rings (SSSR count). The summed E-state index contributed by atoms with van der Waals surface area (Å²) in [5.41, 5.74) is 0. The Balaban J connectivity index is 2.23. The van der Waals surface area contributed by atoms with Gasteiger partial charge in [0, 0.05) is 26.7 Å². The number of hydrogen-bond acceptors (Lipinski definition) is 4. The smallest absolute Gasteiger partial charge is 0.279 e. The molecule has 114 valence electrons. The highest BCUT2D eigenvalue weighted by atomic mass is 32.2. The molecule has 1 heterocycles. The van der Waals surface area contributed by atoms with E-state index in [0.29, 0.717) is 25.4 Å². The molecular formula is C12H27N3O3S. The Morgan fingerprint density at radius 2 is 2.00 bits per heavy atom. The molecule has 1 saturated heterocycles. The van der Waals surface area contributed by atoms with Gasteiger partial charge in [-0.15, -0.1) is 0 Å². The summed E-state index contributed by atoms with van der Waals surface area (Å²) in [5, 5.41) is 8.70. The second-order valence-corrected chi connectivity index (χ2v) is 7.20. The fourth-order valence-corrected chi connectivity index (χ4v) is 3.23. The van der Waals surface area contributed by atoms with E-state index < -0.39 is 10.2 Å². The standard InChI is InChI=1S/C12H27N3O3S/c1-14-9-5-12(6-10-14)4-7-13-19(17,18)15(2)8-3-11-16/h12-13,16H,3-11H2,1-2H3. The number of piperidine rings is 1. The lowest BCUT2D eigenvalue weighted by atomic mass is 9.94. The van der Waals surface area contributed by atoms with Crippen LogP contribution >= 0.6 is 0 Å². The van der Waals surface area contributed by atoms with Gasteiger partial charge in [0.25, 0.3) is 10.2 Å². The van der Waals surface area contributed by atoms with E-state index >= 15 is 0 Å². The molecule has 2 N–H and O–H groups in total. The Morgan fingerprint density at radius 3 is 2.58 bits per heavy atom. The molecule has 0 bridgehead atoms. The van der Waals surface area contributed by atoms with Crippen LogP contribution in [0.15, 0.2) is 0 Å². The molecule has 0 aromatic carbocycles. The topological polar surface area (TPSA) is 72.9 Å². The van der Waals surface area contributed by atoms with E-state index in [1.54, 1.807) is 0 Å². The maximum absolute atomic E-state index is 11.9. The maximum atomic E-state index is 11.9. The SMILES string of the molecule is CN1CCC(CCNS(=O)(=O)N(C)CCCO)CC1. The van der Waals surface area contributed by atoms with Gasteiger partial charge < -0.3 is 10.0 Å². The molecule has 1 aliphatic heterocycles. The van der Waals surface area contributed by atoms with E-state index in [1.807, 2.05) is 0 Å². The Morgan fingerprint density at radius 1 is 1.37 bits per heavy atom. The zero-order valence-electron chi connectivity index (χ0n) is 12.0. The van der Waals surface area contributed by atoms with Crippen LogP contribution in [0.1, 0.15) is 25.7 Å². The van der Waals surface area contributed by atoms with Gasteiger partial charge in [0.15, 0.2) is 0 Å². The van der Waals surface area contributed by atoms with Gasteiger partial charge in [-0.25, -0.2) is 4.72 Å². The summed E-state index contributed by atoms with van der Waals surface area (Å²) in [7, 11) is 0.273. The predicted octanol–water partition coefficient (Wildman–Crippen LogP) is -0.133. The third-order valence-corrected chi connectivity index (χ3v) is 5.29. The summed E-state index contributed by atoms with van der Waals surface area (Å²) in [4.78, 5) is 2.31. The van der Waals surface area contributed by atoms with E-state index in [2.05, 4.69) is 16.7 Å². The molecule has 7 heteroatoms. The van der Waals surface area contributed by atoms with Gasteiger partial charge >= 0.3 is 0 Å². The van der Waals surface area contributed by atoms with Crippen molar-refractivity contribution >= 4 is 10.2 Å². The lowest BCUT2D eigenvalue weighted by Gasteiger charge is -2.29. The van der Waals surface area contributed by atoms with Crippen LogP contribution in [0.2, 0.25) is 0 Å². The lowest BCUT2D eigenvalue weighted by molar-refractivity contribution is 0.213. The minimum absolute atomic E-state index is 0.00938. The van der Waals surface area contributed by atoms with Crippen molar-refractivity contribution in [3.05, 3.63) is 0 Å². The fourth-order valence-electron chi connectivity index (χ4n) is 2.27. The zero-order valence-corrected chi connectivity index (χ0v) is 12.8. The first-order valence-electron chi connectivity index (χ1n) is 6.96. The minimum Gasteiger partial charge on any atom is -0.396 e. The third-order valence-electron chi connectivity index (χ3n) is 3.72. The molecule has 1 fully saturated rings. The number of aliphatic hydroxyl groups is 1. The van der Waals surface area contributed by atoms with Crippen molar-refractivity contribution < 1.29 is 13.5 Å². The summed E-state index contributed by atoms with van der Waals surface area (Å²) in [6.07, 6.45) is 3.67. The number of rotatable bonds is 8. The molecule has 0 saturated carbocycles. The Labute approximate surface area is 117 Å². The van der Waals surface area contributed by atoms with E-state index in [1.165, 1.54) is 11.4 Å². The highest BCUT2D eigenvalue weighted by molar-refractivity contribution is 7.87. The van der Waals surface area contributed by atoms with Crippen molar-refractivity contribution in [1.29, 1.82) is 0 Å². The highest BCUT2D eigenvalue weighted by Gasteiger charge is 2.19. The summed E-state index contributed by atoms with van der Waals surface area (Å²) >= 11 is 0. The summed E-state index contributed by atoms with van der Waals surface area (Å²) in [6, 6.07) is 0. The first-order valence-corrected chi connectivity index (χ1v) is 8.40. The van der Waals surface area contributed by atoms with Gasteiger partial charge in [-0.05, 0) is 51.7 Å². The van der Waals surface area contributed by atoms with Crippen LogP contribution in [0.5, 0.6) is 0 Å². The maximum Gasteiger partial charge on any atom is 0.279 e. The normalized spacial score (nSPS) is 19.2. The summed E-state index contributed by atoms with van der Waals surface area (Å²) < 4.78 is 27.6. The van der Waals surface area contributed by atoms with Gasteiger partial charge in [0.05, 0.1) is 0 Å². The molecular weight excluding hydrogens is 266 g/mol. The number of aliphatic hydroxyl groups excluding tert-OH is 1. The van der Waals surface area contributed by atoms with E-state index in [9.17, 15) is 8.42 Å². The summed E-state index contributed by atoms with van der Waals surface area (Å²) in [6.45, 7) is 3.07. The number of hydrogen-bond donors (Lipinski definition) is 2. The van der Waals surface area contributed by atoms with Gasteiger partial charge in [0.1, 0.15) is 0 Å². The quantitative estimate of drug-likeness (QED) is 0.654. The molecule has 6 nitrogen and oxygen atoms in total. The Hall–Kier alpha value is -0.210. The molecule has 0 aliphatic carbocycles. The van der Waals surface area contributed by atoms with Crippen LogP contribution in [-0.4, -0.2) is 69.6 Å². The van der Waals surface area contributed by atoms with Crippen LogP contribution in [0.3, 0.4) is 0 Å². The lowest BCUT2D eigenvalue weighted by Crippen LogP contribution is -2.40. The zero-order chi connectivity index (χ0) is 14.3. The summed E-state index contributed by atoms with van der Waals surface area (Å²) in [5.74, 6) is 0.627. The van der Waals surface area contributed by atoms with Crippen LogP contribution in [0.4, 0.5) is 0 Å². The largest absolute Gasteiger partial charge is 0.396 e. The van der Waals surface area contributed by atoms with Crippen molar-refractivity contribution in [2.45, 2.75) is 25.7 Å². The second kappa shape index (κ2) is 8.16. The van der Waals surface area contributed by atoms with Crippen LogP contribution in [-0.2, 0) is 10.2 Å². The van der Waals surface area contributed by atoms with Crippen molar-refractivity contribution in [3.63, 3.8) is 0 Å². The Bertz CT molecular complexity index is 340. The molecule has 0 atom stereocenters. The van der Waals surface area contributed by atoms with Crippen LogP contribution in [0, 0.1) is 5.92 Å². The van der Waals surface area contributed by atoms with E-state index in [0.717, 1.165) is 32.4 Å². The first-order chi connectivity index (χ1) is 8.95. The molecule has 0 unspecified atom stereocenters. The van der Waals surface area contributed by atoms with Gasteiger partial charge in [-0.2, -0.15) is 12.7 Å². The molecule has 1 aliphatic rings. The fraction of sp³-hybridized carbons (Fsp3) is 1.00. The van der Waals surface area contributed by atoms with Crippen molar-refractivity contribution in [3.8, 4) is 0 Å². The Kier molecular flexibility index (Phi) is 7.23. The van der Waals surface area contributed by atoms with Crippen LogP contribution in [0.25, 0.3) is 0 Å². The monoisotopic (exact) mass is 293 g/mol. The molecule has 19 heavy (non-hydrogen) atoms. The molecule has 0 aromatic heterocycles. The third kappa shape index (κ3) is 6.18. The molecule has 0 spiro atoms. The van der Waals surface area contributed by atoms with Crippen molar-refractivity contribution in [1.82, 2.24) is 13.9 Å². The molecule has 0 radical (unpaired) electrons. The van der Waals surface area contributed by atoms with E-state index in [4.69, 9.17) is 5.11 Å². The molecule has 0 amide bonds. The molecule has 0 aromatic rings. The van der Waals surface area contributed by atoms with Crippen molar-refractivity contribution in [2.24, 2.45) is 5.92 Å². The number of nitrogens with zero attached hydrogens (tertiary/aromatic N) is 2.